The molecule has 0 amide bonds. The van der Waals surface area contributed by atoms with E-state index in [1.165, 1.54) is 0 Å². The number of aryl methyl sites for hydroxylation is 1. The molecule has 0 unspecified atom stereocenters. The maximum absolute atomic E-state index is 4.38. The molecule has 2 aromatic rings. The number of thiazole rings is 1. The molecule has 0 fully saturated rings. The first-order valence-corrected chi connectivity index (χ1v) is 5.08. The molecule has 13 heavy (non-hydrogen) atoms. The molecule has 2 rings (SSSR count). The second kappa shape index (κ2) is 3.03. The summed E-state index contributed by atoms with van der Waals surface area (Å²) in [7, 11) is 0. The van der Waals surface area contributed by atoms with Crippen molar-refractivity contribution in [3.8, 4) is 0 Å². The average Bonchev–Trinajstić information content (AvgIpc) is 2.42. The van der Waals surface area contributed by atoms with Gasteiger partial charge in [0.25, 0.3) is 0 Å². The molecule has 68 valence electrons. The Kier molecular flexibility index (Phi) is 2.00. The maximum atomic E-state index is 4.38. The number of nitrogens with zero attached hydrogens (tertiary/aromatic N) is 3. The second-order valence-corrected chi connectivity index (χ2v) is 4.54. The van der Waals surface area contributed by atoms with Gasteiger partial charge in [-0.05, 0) is 6.92 Å². The van der Waals surface area contributed by atoms with Crippen LogP contribution in [0.2, 0.25) is 0 Å². The van der Waals surface area contributed by atoms with Gasteiger partial charge in [-0.3, -0.25) is 0 Å². The molecule has 0 spiro atoms. The second-order valence-electron chi connectivity index (χ2n) is 3.30. The van der Waals surface area contributed by atoms with Crippen LogP contribution in [0.5, 0.6) is 0 Å². The smallest absolute Gasteiger partial charge is 0.174 e. The van der Waals surface area contributed by atoms with Crippen LogP contribution < -0.4 is 0 Å². The highest BCUT2D eigenvalue weighted by atomic mass is 32.1. The number of hydrogen-bond donors (Lipinski definition) is 0. The molecule has 0 N–H and O–H groups in total. The fourth-order valence-electron chi connectivity index (χ4n) is 1.14. The van der Waals surface area contributed by atoms with Gasteiger partial charge in [0.15, 0.2) is 5.65 Å². The van der Waals surface area contributed by atoms with Crippen LogP contribution in [0, 0.1) is 6.92 Å². The van der Waals surface area contributed by atoms with Crippen LogP contribution in [0.1, 0.15) is 30.6 Å². The summed E-state index contributed by atoms with van der Waals surface area (Å²) in [5, 5.41) is 1.05. The molecule has 3 nitrogen and oxygen atoms in total. The van der Waals surface area contributed by atoms with Crippen LogP contribution in [0.3, 0.4) is 0 Å². The van der Waals surface area contributed by atoms with Gasteiger partial charge in [0.05, 0.1) is 15.9 Å². The van der Waals surface area contributed by atoms with Crippen molar-refractivity contribution in [1.82, 2.24) is 15.0 Å². The third kappa shape index (κ3) is 1.54. The number of aromatic nitrogens is 3. The first-order valence-electron chi connectivity index (χ1n) is 4.27. The van der Waals surface area contributed by atoms with E-state index in [0.29, 0.717) is 5.92 Å². The molecule has 0 saturated heterocycles. The van der Waals surface area contributed by atoms with Crippen molar-refractivity contribution < 1.29 is 0 Å². The number of rotatable bonds is 1. The zero-order valence-corrected chi connectivity index (χ0v) is 8.72. The summed E-state index contributed by atoms with van der Waals surface area (Å²) in [6.07, 6.45) is 1.86. The Morgan fingerprint density at radius 1 is 1.31 bits per heavy atom. The Morgan fingerprint density at radius 2 is 2.08 bits per heavy atom. The molecule has 0 atom stereocenters. The van der Waals surface area contributed by atoms with Crippen LogP contribution in [0.15, 0.2) is 6.20 Å². The van der Waals surface area contributed by atoms with Gasteiger partial charge in [-0.15, -0.1) is 11.3 Å². The summed E-state index contributed by atoms with van der Waals surface area (Å²) in [4.78, 5) is 13.0. The summed E-state index contributed by atoms with van der Waals surface area (Å²) in [5.74, 6) is 1.24. The quantitative estimate of drug-likeness (QED) is 0.698. The molecule has 0 saturated carbocycles. The van der Waals surface area contributed by atoms with E-state index in [-0.39, 0.29) is 0 Å². The fourth-order valence-corrected chi connectivity index (χ4v) is 1.87. The van der Waals surface area contributed by atoms with E-state index in [9.17, 15) is 0 Å². The molecule has 0 aromatic carbocycles. The molecule has 2 aromatic heterocycles. The Labute approximate surface area is 80.9 Å². The van der Waals surface area contributed by atoms with Crippen LogP contribution in [-0.4, -0.2) is 15.0 Å². The van der Waals surface area contributed by atoms with Crippen molar-refractivity contribution in [2.45, 2.75) is 26.7 Å². The highest BCUT2D eigenvalue weighted by Gasteiger charge is 2.06. The van der Waals surface area contributed by atoms with Crippen LogP contribution in [0.4, 0.5) is 0 Å². The van der Waals surface area contributed by atoms with Gasteiger partial charge in [0, 0.05) is 5.92 Å². The van der Waals surface area contributed by atoms with E-state index >= 15 is 0 Å². The van der Waals surface area contributed by atoms with Crippen LogP contribution in [0.25, 0.3) is 10.3 Å². The van der Waals surface area contributed by atoms with E-state index in [1.807, 2.05) is 13.1 Å². The van der Waals surface area contributed by atoms with Gasteiger partial charge in [-0.2, -0.15) is 0 Å². The van der Waals surface area contributed by atoms with Crippen LogP contribution in [-0.2, 0) is 0 Å². The van der Waals surface area contributed by atoms with Gasteiger partial charge in [-0.25, -0.2) is 15.0 Å². The largest absolute Gasteiger partial charge is 0.239 e. The minimum absolute atomic E-state index is 0.367. The summed E-state index contributed by atoms with van der Waals surface area (Å²) in [5.41, 5.74) is 0.834. The SMILES string of the molecule is Cc1nc2nc(C(C)C)ncc2s1. The van der Waals surface area contributed by atoms with Crippen molar-refractivity contribution >= 4 is 21.7 Å². The molecule has 0 aliphatic heterocycles. The number of hydrogen-bond acceptors (Lipinski definition) is 4. The van der Waals surface area contributed by atoms with Gasteiger partial charge in [-0.1, -0.05) is 13.8 Å². The molecule has 4 heteroatoms. The lowest BCUT2D eigenvalue weighted by Crippen LogP contribution is -1.96. The van der Waals surface area contributed by atoms with Crippen molar-refractivity contribution in [2.24, 2.45) is 0 Å². The summed E-state index contributed by atoms with van der Waals surface area (Å²) in [6, 6.07) is 0. The predicted octanol–water partition coefficient (Wildman–Crippen LogP) is 2.52. The minimum atomic E-state index is 0.367. The lowest BCUT2D eigenvalue weighted by atomic mass is 10.2. The topological polar surface area (TPSA) is 38.7 Å². The summed E-state index contributed by atoms with van der Waals surface area (Å²) >= 11 is 1.64. The number of fused-ring (bicyclic) bond motifs is 1. The zero-order chi connectivity index (χ0) is 9.42. The van der Waals surface area contributed by atoms with Crippen molar-refractivity contribution in [1.29, 1.82) is 0 Å². The van der Waals surface area contributed by atoms with Gasteiger partial charge in [0.1, 0.15) is 5.82 Å². The first kappa shape index (κ1) is 8.56. The highest BCUT2D eigenvalue weighted by molar-refractivity contribution is 7.18. The van der Waals surface area contributed by atoms with E-state index in [4.69, 9.17) is 0 Å². The van der Waals surface area contributed by atoms with E-state index < -0.39 is 0 Å². The third-order valence-corrected chi connectivity index (χ3v) is 2.69. The van der Waals surface area contributed by atoms with Gasteiger partial charge < -0.3 is 0 Å². The Hall–Kier alpha value is -1.03. The van der Waals surface area contributed by atoms with Crippen molar-refractivity contribution in [3.05, 3.63) is 17.0 Å². The van der Waals surface area contributed by atoms with Crippen molar-refractivity contribution in [3.63, 3.8) is 0 Å². The first-order chi connectivity index (χ1) is 6.16. The lowest BCUT2D eigenvalue weighted by Gasteiger charge is -2.00. The molecular weight excluding hydrogens is 182 g/mol. The Morgan fingerprint density at radius 3 is 2.77 bits per heavy atom. The van der Waals surface area contributed by atoms with E-state index in [1.54, 1.807) is 11.3 Å². The molecular formula is C9H11N3S. The molecule has 0 aliphatic carbocycles. The molecule has 0 radical (unpaired) electrons. The Balaban J connectivity index is 2.61. The van der Waals surface area contributed by atoms with Crippen molar-refractivity contribution in [2.75, 3.05) is 0 Å². The zero-order valence-electron chi connectivity index (χ0n) is 7.90. The van der Waals surface area contributed by atoms with Gasteiger partial charge >= 0.3 is 0 Å². The summed E-state index contributed by atoms with van der Waals surface area (Å²) < 4.78 is 1.07. The monoisotopic (exact) mass is 193 g/mol. The van der Waals surface area contributed by atoms with E-state index in [0.717, 1.165) is 21.2 Å². The fraction of sp³-hybridized carbons (Fsp3) is 0.444. The summed E-state index contributed by atoms with van der Waals surface area (Å²) in [6.45, 7) is 6.15. The molecule has 0 bridgehead atoms. The predicted molar refractivity (Wildman–Crippen MR) is 54.0 cm³/mol. The normalized spacial score (nSPS) is 11.4. The van der Waals surface area contributed by atoms with E-state index in [2.05, 4.69) is 28.8 Å². The Bertz CT molecular complexity index is 433. The van der Waals surface area contributed by atoms with Crippen LogP contribution >= 0.6 is 11.3 Å². The molecule has 2 heterocycles. The molecule has 0 aliphatic rings. The van der Waals surface area contributed by atoms with Gasteiger partial charge in [0.2, 0.25) is 0 Å². The minimum Gasteiger partial charge on any atom is -0.239 e. The lowest BCUT2D eigenvalue weighted by molar-refractivity contribution is 0.781. The highest BCUT2D eigenvalue weighted by Crippen LogP contribution is 2.20. The standard InChI is InChI=1S/C9H11N3S/c1-5(2)8-10-4-7-9(12-8)11-6(3)13-7/h4-5H,1-3H3. The average molecular weight is 193 g/mol. The maximum Gasteiger partial charge on any atom is 0.174 e. The third-order valence-electron chi connectivity index (χ3n) is 1.79.